The summed E-state index contributed by atoms with van der Waals surface area (Å²) in [6, 6.07) is 11.7. The third kappa shape index (κ3) is 9.25. The molecule has 3 aliphatic rings. The molecule has 2 aromatic carbocycles. The molecule has 13 heteroatoms. The summed E-state index contributed by atoms with van der Waals surface area (Å²) in [6.07, 6.45) is -1.58. The Morgan fingerprint density at radius 3 is 2.07 bits per heavy atom. The zero-order valence-corrected chi connectivity index (χ0v) is 32.8. The van der Waals surface area contributed by atoms with Crippen LogP contribution < -0.4 is 9.64 Å². The maximum atomic E-state index is 17.7. The van der Waals surface area contributed by atoms with Crippen molar-refractivity contribution in [2.75, 3.05) is 32.2 Å². The van der Waals surface area contributed by atoms with Crippen LogP contribution >= 0.6 is 0 Å². The molecular weight excluding hydrogens is 746 g/mol. The number of anilines is 1. The van der Waals surface area contributed by atoms with Gasteiger partial charge in [0.1, 0.15) is 5.75 Å². The maximum absolute atomic E-state index is 17.7. The molecule has 4 aromatic rings. The fourth-order valence-corrected chi connectivity index (χ4v) is 8.85. The molecular formula is C44H50F6N4O3. The van der Waals surface area contributed by atoms with Crippen LogP contribution in [0.4, 0.5) is 32.3 Å². The van der Waals surface area contributed by atoms with Crippen LogP contribution in [0.1, 0.15) is 133 Å². The molecule has 0 spiro atoms. The van der Waals surface area contributed by atoms with E-state index in [1.807, 2.05) is 24.3 Å². The second-order valence-corrected chi connectivity index (χ2v) is 16.6. The lowest BCUT2D eigenvalue weighted by atomic mass is 9.68. The number of fused-ring (bicyclic) bond motifs is 1. The summed E-state index contributed by atoms with van der Waals surface area (Å²) in [5.41, 5.74) is 3.69. The van der Waals surface area contributed by atoms with Crippen LogP contribution in [0.5, 0.6) is 5.75 Å². The Balaban J connectivity index is 1.34. The van der Waals surface area contributed by atoms with Crippen molar-refractivity contribution < 1.29 is 40.6 Å². The number of hydrogen-bond acceptors (Lipinski definition) is 7. The number of methoxy groups -OCH3 is 2. The van der Waals surface area contributed by atoms with Crippen molar-refractivity contribution in [2.24, 2.45) is 5.41 Å². The van der Waals surface area contributed by atoms with E-state index in [0.29, 0.717) is 73.9 Å². The van der Waals surface area contributed by atoms with Crippen LogP contribution in [0, 0.1) is 5.41 Å². The lowest BCUT2D eigenvalue weighted by Gasteiger charge is -2.42. The Kier molecular flexibility index (Phi) is 11.9. The maximum Gasteiger partial charge on any atom is 0.416 e. The molecule has 0 radical (unpaired) electrons. The van der Waals surface area contributed by atoms with E-state index in [9.17, 15) is 22.0 Å². The van der Waals surface area contributed by atoms with Crippen LogP contribution in [0.25, 0.3) is 0 Å². The highest BCUT2D eigenvalue weighted by molar-refractivity contribution is 5.51. The predicted octanol–water partition coefficient (Wildman–Crippen LogP) is 11.0. The summed E-state index contributed by atoms with van der Waals surface area (Å²) >= 11 is 0. The van der Waals surface area contributed by atoms with Crippen LogP contribution in [0.15, 0.2) is 60.9 Å². The van der Waals surface area contributed by atoms with Gasteiger partial charge in [0.05, 0.1) is 37.7 Å². The van der Waals surface area contributed by atoms with Gasteiger partial charge >= 0.3 is 6.18 Å². The average Bonchev–Trinajstić information content (AvgIpc) is 3.19. The molecule has 0 bridgehead atoms. The molecule has 2 atom stereocenters. The Morgan fingerprint density at radius 1 is 0.825 bits per heavy atom. The molecule has 57 heavy (non-hydrogen) atoms. The van der Waals surface area contributed by atoms with Crippen molar-refractivity contribution in [1.82, 2.24) is 15.0 Å². The summed E-state index contributed by atoms with van der Waals surface area (Å²) in [6.45, 7) is 6.05. The van der Waals surface area contributed by atoms with Gasteiger partial charge in [0.25, 0.3) is 0 Å². The van der Waals surface area contributed by atoms with E-state index in [-0.39, 0.29) is 49.2 Å². The predicted molar refractivity (Wildman–Crippen MR) is 204 cm³/mol. The van der Waals surface area contributed by atoms with Crippen LogP contribution in [0.3, 0.4) is 0 Å². The molecule has 1 saturated heterocycles. The largest absolute Gasteiger partial charge is 0.497 e. The van der Waals surface area contributed by atoms with Gasteiger partial charge in [0, 0.05) is 73.7 Å². The smallest absolute Gasteiger partial charge is 0.416 e. The Hall–Kier alpha value is -4.23. The standard InChI is InChI=1S/C44H50F6N4O3/c1-42(2)21-34-37(35(22-42)57-26-27-5-11-33(56-4)12-6-27)36(29-13-17-43(46,47)18-14-29)38(39(45)30-7-9-32(10-8-30)44(48,49)50)40(53-34)31-15-19-54(20-16-31)41-51-23-28(24-52-41)25-55-3/h5-12,23-24,29,31,35,39H,13-22,25-26H2,1-4H3. The summed E-state index contributed by atoms with van der Waals surface area (Å²) < 4.78 is 106. The number of rotatable bonds is 11. The molecule has 1 aliphatic heterocycles. The van der Waals surface area contributed by atoms with E-state index in [1.54, 1.807) is 26.6 Å². The molecule has 0 amide bonds. The quantitative estimate of drug-likeness (QED) is 0.140. The molecule has 3 heterocycles. The van der Waals surface area contributed by atoms with Gasteiger partial charge in [-0.1, -0.05) is 38.1 Å². The molecule has 2 fully saturated rings. The topological polar surface area (TPSA) is 69.6 Å². The molecule has 1 saturated carbocycles. The Morgan fingerprint density at radius 2 is 1.47 bits per heavy atom. The minimum Gasteiger partial charge on any atom is -0.497 e. The highest BCUT2D eigenvalue weighted by Crippen LogP contribution is 2.53. The van der Waals surface area contributed by atoms with Crippen molar-refractivity contribution in [3.8, 4) is 5.75 Å². The van der Waals surface area contributed by atoms with Crippen molar-refractivity contribution in [1.29, 1.82) is 0 Å². The van der Waals surface area contributed by atoms with E-state index in [4.69, 9.17) is 19.2 Å². The van der Waals surface area contributed by atoms with Crippen molar-refractivity contribution in [3.05, 3.63) is 111 Å². The van der Waals surface area contributed by atoms with Gasteiger partial charge in [-0.15, -0.1) is 0 Å². The summed E-state index contributed by atoms with van der Waals surface area (Å²) in [7, 11) is 3.20. The van der Waals surface area contributed by atoms with Crippen molar-refractivity contribution in [3.63, 3.8) is 0 Å². The van der Waals surface area contributed by atoms with Crippen LogP contribution in [0.2, 0.25) is 0 Å². The van der Waals surface area contributed by atoms with E-state index in [2.05, 4.69) is 28.7 Å². The first-order valence-electron chi connectivity index (χ1n) is 19.7. The van der Waals surface area contributed by atoms with Gasteiger partial charge in [-0.25, -0.2) is 23.1 Å². The van der Waals surface area contributed by atoms with Gasteiger partial charge in [0.2, 0.25) is 11.9 Å². The number of alkyl halides is 6. The number of ether oxygens (including phenoxy) is 3. The van der Waals surface area contributed by atoms with E-state index in [0.717, 1.165) is 34.5 Å². The number of aromatic nitrogens is 3. The highest BCUT2D eigenvalue weighted by atomic mass is 19.4. The number of benzene rings is 2. The van der Waals surface area contributed by atoms with E-state index in [1.165, 1.54) is 12.1 Å². The third-order valence-corrected chi connectivity index (χ3v) is 11.8. The van der Waals surface area contributed by atoms with Gasteiger partial charge in [-0.05, 0) is 90.8 Å². The summed E-state index contributed by atoms with van der Waals surface area (Å²) in [5.74, 6) is -2.19. The summed E-state index contributed by atoms with van der Waals surface area (Å²) in [5, 5.41) is 0. The first kappa shape index (κ1) is 40.9. The molecule has 306 valence electrons. The second-order valence-electron chi connectivity index (χ2n) is 16.6. The molecule has 0 N–H and O–H groups in total. The highest BCUT2D eigenvalue weighted by Gasteiger charge is 2.44. The van der Waals surface area contributed by atoms with E-state index < -0.39 is 35.9 Å². The van der Waals surface area contributed by atoms with E-state index >= 15 is 4.39 Å². The van der Waals surface area contributed by atoms with Gasteiger partial charge in [-0.3, -0.25) is 4.98 Å². The Labute approximate surface area is 330 Å². The zero-order valence-electron chi connectivity index (χ0n) is 32.8. The zero-order chi connectivity index (χ0) is 40.5. The Bertz CT molecular complexity index is 1970. The minimum atomic E-state index is -4.59. The monoisotopic (exact) mass is 796 g/mol. The van der Waals surface area contributed by atoms with Crippen LogP contribution in [-0.2, 0) is 35.3 Å². The number of hydrogen-bond donors (Lipinski definition) is 0. The second kappa shape index (κ2) is 16.6. The number of piperidine rings is 1. The average molecular weight is 797 g/mol. The van der Waals surface area contributed by atoms with Crippen LogP contribution in [-0.4, -0.2) is 48.2 Å². The van der Waals surface area contributed by atoms with Gasteiger partial charge < -0.3 is 19.1 Å². The number of halogens is 6. The molecule has 2 aromatic heterocycles. The fourth-order valence-electron chi connectivity index (χ4n) is 8.85. The normalized spacial score (nSPS) is 20.6. The first-order chi connectivity index (χ1) is 27.1. The molecule has 2 unspecified atom stereocenters. The first-order valence-corrected chi connectivity index (χ1v) is 19.7. The minimum absolute atomic E-state index is 0.0576. The summed E-state index contributed by atoms with van der Waals surface area (Å²) in [4.78, 5) is 16.5. The number of pyridine rings is 1. The molecule has 7 rings (SSSR count). The van der Waals surface area contributed by atoms with Crippen molar-refractivity contribution >= 4 is 5.95 Å². The number of nitrogens with zero attached hydrogens (tertiary/aromatic N) is 4. The fraction of sp³-hybridized carbons (Fsp3) is 0.523. The third-order valence-electron chi connectivity index (χ3n) is 11.8. The van der Waals surface area contributed by atoms with Gasteiger partial charge in [0.15, 0.2) is 6.17 Å². The van der Waals surface area contributed by atoms with Gasteiger partial charge in [-0.2, -0.15) is 13.2 Å². The lowest BCUT2D eigenvalue weighted by molar-refractivity contribution is -0.137. The molecule has 2 aliphatic carbocycles. The SMILES string of the molecule is COCc1cnc(N2CCC(c3nc4c(c(C5CCC(F)(F)CC5)c3C(F)c3ccc(C(F)(F)F)cc3)C(OCc3ccc(OC)cc3)CC(C)(C)C4)CC2)nc1. The molecule has 7 nitrogen and oxygen atoms in total. The van der Waals surface area contributed by atoms with Crippen molar-refractivity contribution in [2.45, 2.75) is 115 Å². The lowest BCUT2D eigenvalue weighted by Crippen LogP contribution is -2.36.